The topological polar surface area (TPSA) is 61.4 Å². The van der Waals surface area contributed by atoms with Crippen molar-refractivity contribution in [3.8, 4) is 0 Å². The van der Waals surface area contributed by atoms with Gasteiger partial charge in [-0.2, -0.15) is 0 Å². The molecule has 0 aliphatic carbocycles. The predicted molar refractivity (Wildman–Crippen MR) is 105 cm³/mol. The summed E-state index contributed by atoms with van der Waals surface area (Å²) in [6.07, 6.45) is 4.07. The summed E-state index contributed by atoms with van der Waals surface area (Å²) in [5.74, 6) is -0.466. The van der Waals surface area contributed by atoms with Crippen molar-refractivity contribution in [3.63, 3.8) is 0 Å². The van der Waals surface area contributed by atoms with Gasteiger partial charge in [-0.1, -0.05) is 12.1 Å². The van der Waals surface area contributed by atoms with Gasteiger partial charge in [0.25, 0.3) is 11.8 Å². The van der Waals surface area contributed by atoms with Crippen LogP contribution in [0.4, 0.5) is 11.4 Å². The molecular formula is C21H23N3O2. The smallest absolute Gasteiger partial charge is 0.255 e. The average molecular weight is 349 g/mol. The van der Waals surface area contributed by atoms with Crippen LogP contribution in [-0.4, -0.2) is 31.4 Å². The summed E-state index contributed by atoms with van der Waals surface area (Å²) in [5, 5.41) is 5.58. The van der Waals surface area contributed by atoms with Crippen LogP contribution >= 0.6 is 0 Å². The molecule has 1 fully saturated rings. The molecule has 1 aliphatic heterocycles. The number of hydrogen-bond acceptors (Lipinski definition) is 3. The summed E-state index contributed by atoms with van der Waals surface area (Å²) >= 11 is 0. The van der Waals surface area contributed by atoms with E-state index in [-0.39, 0.29) is 11.8 Å². The number of nitrogens with one attached hydrogen (secondary N) is 2. The van der Waals surface area contributed by atoms with Crippen molar-refractivity contribution in [2.45, 2.75) is 12.8 Å². The fourth-order valence-corrected chi connectivity index (χ4v) is 3.00. The molecule has 0 saturated carbocycles. The number of carbonyl (C=O) groups excluding carboxylic acids is 2. The van der Waals surface area contributed by atoms with Crippen LogP contribution in [0.3, 0.4) is 0 Å². The Kier molecular flexibility index (Phi) is 5.69. The average Bonchev–Trinajstić information content (AvgIpc) is 3.21. The Morgan fingerprint density at radius 2 is 1.65 bits per heavy atom. The van der Waals surface area contributed by atoms with Gasteiger partial charge in [0.15, 0.2) is 0 Å². The molecule has 2 aromatic rings. The SMILES string of the molecule is C=CCNC(=O)c1cccc(C(=O)Nc2ccc(N3CCCC3)cc2)c1. The summed E-state index contributed by atoms with van der Waals surface area (Å²) in [7, 11) is 0. The maximum atomic E-state index is 12.5. The fourth-order valence-electron chi connectivity index (χ4n) is 3.00. The van der Waals surface area contributed by atoms with Gasteiger partial charge in [-0.05, 0) is 55.3 Å². The van der Waals surface area contributed by atoms with E-state index in [4.69, 9.17) is 0 Å². The molecule has 3 rings (SSSR count). The Morgan fingerprint density at radius 3 is 2.31 bits per heavy atom. The van der Waals surface area contributed by atoms with Crippen LogP contribution in [0.5, 0.6) is 0 Å². The normalized spacial score (nSPS) is 13.3. The third-order valence-corrected chi connectivity index (χ3v) is 4.39. The number of carbonyl (C=O) groups is 2. The van der Waals surface area contributed by atoms with Crippen molar-refractivity contribution >= 4 is 23.2 Å². The molecule has 134 valence electrons. The summed E-state index contributed by atoms with van der Waals surface area (Å²) in [6.45, 7) is 6.14. The Hall–Kier alpha value is -3.08. The zero-order chi connectivity index (χ0) is 18.4. The number of benzene rings is 2. The van der Waals surface area contributed by atoms with Crippen molar-refractivity contribution in [1.82, 2.24) is 5.32 Å². The van der Waals surface area contributed by atoms with E-state index >= 15 is 0 Å². The van der Waals surface area contributed by atoms with Gasteiger partial charge >= 0.3 is 0 Å². The second-order valence-electron chi connectivity index (χ2n) is 6.27. The second kappa shape index (κ2) is 8.34. The molecule has 0 spiro atoms. The number of amides is 2. The van der Waals surface area contributed by atoms with Crippen molar-refractivity contribution in [2.75, 3.05) is 29.9 Å². The lowest BCUT2D eigenvalue weighted by Crippen LogP contribution is -2.23. The predicted octanol–water partition coefficient (Wildman–Crippen LogP) is 3.45. The van der Waals surface area contributed by atoms with E-state index in [1.54, 1.807) is 30.3 Å². The largest absolute Gasteiger partial charge is 0.372 e. The Balaban J connectivity index is 1.65. The highest BCUT2D eigenvalue weighted by Crippen LogP contribution is 2.22. The lowest BCUT2D eigenvalue weighted by Gasteiger charge is -2.17. The highest BCUT2D eigenvalue weighted by atomic mass is 16.2. The number of rotatable bonds is 6. The third-order valence-electron chi connectivity index (χ3n) is 4.39. The quantitative estimate of drug-likeness (QED) is 0.785. The van der Waals surface area contributed by atoms with Crippen LogP contribution in [0.15, 0.2) is 61.2 Å². The lowest BCUT2D eigenvalue weighted by atomic mass is 10.1. The van der Waals surface area contributed by atoms with Gasteiger partial charge in [0.1, 0.15) is 0 Å². The van der Waals surface area contributed by atoms with Crippen LogP contribution in [0.2, 0.25) is 0 Å². The summed E-state index contributed by atoms with van der Waals surface area (Å²) in [5.41, 5.74) is 2.81. The molecule has 0 bridgehead atoms. The van der Waals surface area contributed by atoms with Crippen molar-refractivity contribution in [3.05, 3.63) is 72.3 Å². The third kappa shape index (κ3) is 4.30. The molecule has 5 nitrogen and oxygen atoms in total. The van der Waals surface area contributed by atoms with E-state index in [0.717, 1.165) is 18.8 Å². The van der Waals surface area contributed by atoms with E-state index in [9.17, 15) is 9.59 Å². The molecule has 5 heteroatoms. The molecule has 0 unspecified atom stereocenters. The van der Waals surface area contributed by atoms with Gasteiger partial charge in [-0.3, -0.25) is 9.59 Å². The van der Waals surface area contributed by atoms with Crippen molar-refractivity contribution in [2.24, 2.45) is 0 Å². The summed E-state index contributed by atoms with van der Waals surface area (Å²) in [6, 6.07) is 14.5. The van der Waals surface area contributed by atoms with Crippen LogP contribution in [0, 0.1) is 0 Å². The van der Waals surface area contributed by atoms with Crippen molar-refractivity contribution in [1.29, 1.82) is 0 Å². The molecule has 26 heavy (non-hydrogen) atoms. The minimum Gasteiger partial charge on any atom is -0.372 e. The van der Waals surface area contributed by atoms with Crippen LogP contribution in [0.1, 0.15) is 33.6 Å². The Bertz CT molecular complexity index is 793. The second-order valence-corrected chi connectivity index (χ2v) is 6.27. The molecule has 2 aromatic carbocycles. The van der Waals surface area contributed by atoms with Gasteiger partial charge in [-0.15, -0.1) is 6.58 Å². The molecule has 2 amide bonds. The van der Waals surface area contributed by atoms with Gasteiger partial charge in [0.2, 0.25) is 0 Å². The van der Waals surface area contributed by atoms with E-state index in [1.165, 1.54) is 18.5 Å². The fraction of sp³-hybridized carbons (Fsp3) is 0.238. The lowest BCUT2D eigenvalue weighted by molar-refractivity contribution is 0.0958. The zero-order valence-electron chi connectivity index (χ0n) is 14.7. The van der Waals surface area contributed by atoms with E-state index in [1.807, 2.05) is 24.3 Å². The minimum absolute atomic E-state index is 0.227. The van der Waals surface area contributed by atoms with Crippen LogP contribution in [-0.2, 0) is 0 Å². The number of anilines is 2. The molecule has 2 N–H and O–H groups in total. The first-order chi connectivity index (χ1) is 12.7. The van der Waals surface area contributed by atoms with Crippen molar-refractivity contribution < 1.29 is 9.59 Å². The monoisotopic (exact) mass is 349 g/mol. The first kappa shape index (κ1) is 17.7. The molecule has 1 heterocycles. The Labute approximate surface area is 153 Å². The first-order valence-corrected chi connectivity index (χ1v) is 8.83. The highest BCUT2D eigenvalue weighted by Gasteiger charge is 2.13. The molecule has 1 aliphatic rings. The van der Waals surface area contributed by atoms with E-state index in [0.29, 0.717) is 17.7 Å². The van der Waals surface area contributed by atoms with Gasteiger partial charge in [0.05, 0.1) is 0 Å². The standard InChI is InChI=1S/C21H23N3O2/c1-2-12-22-20(25)16-6-5-7-17(15-16)21(26)23-18-8-10-19(11-9-18)24-13-3-4-14-24/h2,5-11,15H,1,3-4,12-14H2,(H,22,25)(H,23,26). The van der Waals surface area contributed by atoms with E-state index < -0.39 is 0 Å². The van der Waals surface area contributed by atoms with Crippen LogP contribution in [0.25, 0.3) is 0 Å². The molecule has 1 saturated heterocycles. The molecule has 0 aromatic heterocycles. The summed E-state index contributed by atoms with van der Waals surface area (Å²) in [4.78, 5) is 26.8. The first-order valence-electron chi connectivity index (χ1n) is 8.83. The van der Waals surface area contributed by atoms with Gasteiger partial charge in [0, 0.05) is 42.1 Å². The molecule has 0 atom stereocenters. The maximum absolute atomic E-state index is 12.5. The summed E-state index contributed by atoms with van der Waals surface area (Å²) < 4.78 is 0. The van der Waals surface area contributed by atoms with Gasteiger partial charge in [-0.25, -0.2) is 0 Å². The highest BCUT2D eigenvalue weighted by molar-refractivity contribution is 6.06. The number of nitrogens with zero attached hydrogens (tertiary/aromatic N) is 1. The minimum atomic E-state index is -0.239. The number of hydrogen-bond donors (Lipinski definition) is 2. The van der Waals surface area contributed by atoms with Gasteiger partial charge < -0.3 is 15.5 Å². The maximum Gasteiger partial charge on any atom is 0.255 e. The Morgan fingerprint density at radius 1 is 1.00 bits per heavy atom. The molecule has 0 radical (unpaired) electrons. The van der Waals surface area contributed by atoms with Crippen LogP contribution < -0.4 is 15.5 Å². The zero-order valence-corrected chi connectivity index (χ0v) is 14.7. The molecular weight excluding hydrogens is 326 g/mol. The van der Waals surface area contributed by atoms with E-state index in [2.05, 4.69) is 22.1 Å².